The number of H-pyrrole nitrogens is 1. The molecule has 1 aromatic heterocycles. The van der Waals surface area contributed by atoms with E-state index >= 15 is 0 Å². The monoisotopic (exact) mass is 298 g/mol. The fourth-order valence-corrected chi connectivity index (χ4v) is 2.96. The summed E-state index contributed by atoms with van der Waals surface area (Å²) in [6.07, 6.45) is 1.06. The molecule has 0 amide bonds. The summed E-state index contributed by atoms with van der Waals surface area (Å²) < 4.78 is 0. The van der Waals surface area contributed by atoms with Gasteiger partial charge in [-0.25, -0.2) is 0 Å². The zero-order chi connectivity index (χ0) is 14.7. The highest BCUT2D eigenvalue weighted by Crippen LogP contribution is 2.30. The summed E-state index contributed by atoms with van der Waals surface area (Å²) in [5.41, 5.74) is 3.68. The number of nitrogens with one attached hydrogen (secondary N) is 2. The first-order chi connectivity index (χ1) is 10.3. The van der Waals surface area contributed by atoms with E-state index in [2.05, 4.69) is 52.8 Å². The summed E-state index contributed by atoms with van der Waals surface area (Å²) in [5, 5.41) is 5.22. The fourth-order valence-electron chi connectivity index (χ4n) is 2.79. The predicted molar refractivity (Wildman–Crippen MR) is 90.1 cm³/mol. The summed E-state index contributed by atoms with van der Waals surface area (Å²) in [6.45, 7) is 0.982. The van der Waals surface area contributed by atoms with E-state index in [9.17, 15) is 0 Å². The molecule has 0 fully saturated rings. The van der Waals surface area contributed by atoms with Gasteiger partial charge in [-0.1, -0.05) is 48.0 Å². The normalized spacial score (nSPS) is 12.7. The molecule has 1 atom stereocenters. The summed E-state index contributed by atoms with van der Waals surface area (Å²) >= 11 is 6.08. The van der Waals surface area contributed by atoms with Gasteiger partial charge in [-0.15, -0.1) is 0 Å². The van der Waals surface area contributed by atoms with E-state index in [1.807, 2.05) is 19.2 Å². The van der Waals surface area contributed by atoms with Crippen molar-refractivity contribution in [3.05, 3.63) is 70.9 Å². The Bertz CT molecular complexity index is 718. The van der Waals surface area contributed by atoms with E-state index in [0.29, 0.717) is 5.92 Å². The van der Waals surface area contributed by atoms with Gasteiger partial charge in [0, 0.05) is 22.2 Å². The van der Waals surface area contributed by atoms with Crippen molar-refractivity contribution in [3.63, 3.8) is 0 Å². The maximum absolute atomic E-state index is 6.08. The Balaban J connectivity index is 2.01. The SMILES string of the molecule is CNCCC(c1ccccc1)c1cc2ccc(Cl)cc2[nH]1. The topological polar surface area (TPSA) is 27.8 Å². The number of fused-ring (bicyclic) bond motifs is 1. The molecule has 21 heavy (non-hydrogen) atoms. The number of rotatable bonds is 5. The maximum atomic E-state index is 6.08. The summed E-state index contributed by atoms with van der Waals surface area (Å²) in [7, 11) is 1.99. The molecule has 3 rings (SSSR count). The molecule has 1 heterocycles. The van der Waals surface area contributed by atoms with Gasteiger partial charge in [-0.05, 0) is 49.2 Å². The van der Waals surface area contributed by atoms with Crippen LogP contribution in [0, 0.1) is 0 Å². The molecule has 2 aromatic carbocycles. The van der Waals surface area contributed by atoms with Gasteiger partial charge in [0.05, 0.1) is 0 Å². The number of benzene rings is 2. The van der Waals surface area contributed by atoms with Crippen molar-refractivity contribution in [2.45, 2.75) is 12.3 Å². The minimum Gasteiger partial charge on any atom is -0.358 e. The van der Waals surface area contributed by atoms with Crippen molar-refractivity contribution >= 4 is 22.5 Å². The molecule has 3 aromatic rings. The maximum Gasteiger partial charge on any atom is 0.0471 e. The van der Waals surface area contributed by atoms with Crippen molar-refractivity contribution in [2.75, 3.05) is 13.6 Å². The highest BCUT2D eigenvalue weighted by atomic mass is 35.5. The van der Waals surface area contributed by atoms with Crippen LogP contribution in [0.4, 0.5) is 0 Å². The molecule has 0 aliphatic carbocycles. The molecular weight excluding hydrogens is 280 g/mol. The quantitative estimate of drug-likeness (QED) is 0.710. The first kappa shape index (κ1) is 14.2. The lowest BCUT2D eigenvalue weighted by atomic mass is 9.92. The second-order valence-electron chi connectivity index (χ2n) is 5.31. The van der Waals surface area contributed by atoms with Gasteiger partial charge in [-0.2, -0.15) is 0 Å². The van der Waals surface area contributed by atoms with E-state index in [1.165, 1.54) is 16.6 Å². The van der Waals surface area contributed by atoms with Crippen LogP contribution in [0.25, 0.3) is 10.9 Å². The van der Waals surface area contributed by atoms with Crippen LogP contribution in [-0.4, -0.2) is 18.6 Å². The van der Waals surface area contributed by atoms with Gasteiger partial charge < -0.3 is 10.3 Å². The Morgan fingerprint density at radius 3 is 2.67 bits per heavy atom. The third-order valence-corrected chi connectivity index (χ3v) is 4.10. The number of hydrogen-bond donors (Lipinski definition) is 2. The summed E-state index contributed by atoms with van der Waals surface area (Å²) in [5.74, 6) is 0.366. The Kier molecular flexibility index (Phi) is 4.28. The van der Waals surface area contributed by atoms with Crippen LogP contribution in [0.2, 0.25) is 5.02 Å². The molecule has 0 bridgehead atoms. The van der Waals surface area contributed by atoms with E-state index in [4.69, 9.17) is 11.6 Å². The van der Waals surface area contributed by atoms with Crippen molar-refractivity contribution in [1.29, 1.82) is 0 Å². The van der Waals surface area contributed by atoms with Crippen molar-refractivity contribution < 1.29 is 0 Å². The van der Waals surface area contributed by atoms with Crippen LogP contribution in [0.1, 0.15) is 23.6 Å². The molecule has 0 radical (unpaired) electrons. The molecule has 2 nitrogen and oxygen atoms in total. The van der Waals surface area contributed by atoms with Crippen LogP contribution in [0.5, 0.6) is 0 Å². The Labute approximate surface area is 130 Å². The third-order valence-electron chi connectivity index (χ3n) is 3.87. The number of aromatic amines is 1. The summed E-state index contributed by atoms with van der Waals surface area (Å²) in [4.78, 5) is 3.53. The van der Waals surface area contributed by atoms with E-state index in [-0.39, 0.29) is 0 Å². The molecule has 0 aliphatic heterocycles. The fraction of sp³-hybridized carbons (Fsp3) is 0.222. The van der Waals surface area contributed by atoms with Crippen LogP contribution in [0.15, 0.2) is 54.6 Å². The predicted octanol–water partition coefficient (Wildman–Crippen LogP) is 4.56. The second-order valence-corrected chi connectivity index (χ2v) is 5.75. The largest absolute Gasteiger partial charge is 0.358 e. The first-order valence-electron chi connectivity index (χ1n) is 7.25. The number of hydrogen-bond acceptors (Lipinski definition) is 1. The lowest BCUT2D eigenvalue weighted by molar-refractivity contribution is 0.653. The van der Waals surface area contributed by atoms with Crippen molar-refractivity contribution in [1.82, 2.24) is 10.3 Å². The van der Waals surface area contributed by atoms with Gasteiger partial charge in [0.2, 0.25) is 0 Å². The zero-order valence-corrected chi connectivity index (χ0v) is 12.8. The lowest BCUT2D eigenvalue weighted by Gasteiger charge is -2.16. The Morgan fingerprint density at radius 2 is 1.90 bits per heavy atom. The molecule has 108 valence electrons. The van der Waals surface area contributed by atoms with Crippen LogP contribution < -0.4 is 5.32 Å². The molecular formula is C18H19ClN2. The average molecular weight is 299 g/mol. The molecule has 3 heteroatoms. The van der Waals surface area contributed by atoms with Crippen LogP contribution >= 0.6 is 11.6 Å². The highest BCUT2D eigenvalue weighted by Gasteiger charge is 2.16. The van der Waals surface area contributed by atoms with E-state index < -0.39 is 0 Å². The third kappa shape index (κ3) is 3.12. The minimum absolute atomic E-state index is 0.366. The molecule has 0 aliphatic rings. The molecule has 1 unspecified atom stereocenters. The smallest absolute Gasteiger partial charge is 0.0471 e. The Morgan fingerprint density at radius 1 is 1.10 bits per heavy atom. The van der Waals surface area contributed by atoms with Gasteiger partial charge in [0.15, 0.2) is 0 Å². The summed E-state index contributed by atoms with van der Waals surface area (Å²) in [6, 6.07) is 18.9. The highest BCUT2D eigenvalue weighted by molar-refractivity contribution is 6.31. The van der Waals surface area contributed by atoms with Crippen LogP contribution in [0.3, 0.4) is 0 Å². The van der Waals surface area contributed by atoms with Crippen molar-refractivity contribution in [3.8, 4) is 0 Å². The average Bonchev–Trinajstić information content (AvgIpc) is 2.91. The second kappa shape index (κ2) is 6.33. The standard InChI is InChI=1S/C18H19ClN2/c1-20-10-9-16(13-5-3-2-4-6-13)18-11-14-7-8-15(19)12-17(14)21-18/h2-8,11-12,16,20-21H,9-10H2,1H3. The Hall–Kier alpha value is -1.77. The number of aromatic nitrogens is 1. The first-order valence-corrected chi connectivity index (χ1v) is 7.63. The number of halogens is 1. The van der Waals surface area contributed by atoms with Gasteiger partial charge >= 0.3 is 0 Å². The minimum atomic E-state index is 0.366. The van der Waals surface area contributed by atoms with Gasteiger partial charge in [0.1, 0.15) is 0 Å². The zero-order valence-electron chi connectivity index (χ0n) is 12.1. The molecule has 0 spiro atoms. The molecule has 0 saturated heterocycles. The van der Waals surface area contributed by atoms with E-state index in [0.717, 1.165) is 23.5 Å². The van der Waals surface area contributed by atoms with Gasteiger partial charge in [0.25, 0.3) is 0 Å². The lowest BCUT2D eigenvalue weighted by Crippen LogP contribution is -2.13. The van der Waals surface area contributed by atoms with Gasteiger partial charge in [-0.3, -0.25) is 0 Å². The molecule has 2 N–H and O–H groups in total. The van der Waals surface area contributed by atoms with Crippen LogP contribution in [-0.2, 0) is 0 Å². The van der Waals surface area contributed by atoms with Crippen molar-refractivity contribution in [2.24, 2.45) is 0 Å². The van der Waals surface area contributed by atoms with E-state index in [1.54, 1.807) is 0 Å². The molecule has 0 saturated carbocycles.